The number of carboxylic acid groups (broad SMARTS) is 1. The van der Waals surface area contributed by atoms with Gasteiger partial charge < -0.3 is 14.5 Å². The highest BCUT2D eigenvalue weighted by Gasteiger charge is 2.25. The maximum absolute atomic E-state index is 12.5. The van der Waals surface area contributed by atoms with E-state index in [1.807, 2.05) is 37.3 Å². The van der Waals surface area contributed by atoms with E-state index in [2.05, 4.69) is 5.16 Å². The zero-order valence-electron chi connectivity index (χ0n) is 12.5. The first kappa shape index (κ1) is 15.8. The quantitative estimate of drug-likeness (QED) is 0.887. The Hall–Kier alpha value is -2.63. The van der Waals surface area contributed by atoms with E-state index in [1.54, 1.807) is 6.92 Å². The molecule has 2 aromatic rings. The normalized spacial score (nSPS) is 11.9. The first-order chi connectivity index (χ1) is 10.5. The van der Waals surface area contributed by atoms with Crippen molar-refractivity contribution in [2.45, 2.75) is 26.3 Å². The third-order valence-electron chi connectivity index (χ3n) is 3.48. The molecular formula is C16H18N2O4. The number of hydrogen-bond acceptors (Lipinski definition) is 4. The molecule has 1 heterocycles. The Labute approximate surface area is 128 Å². The molecule has 0 fully saturated rings. The van der Waals surface area contributed by atoms with E-state index in [-0.39, 0.29) is 18.3 Å². The summed E-state index contributed by atoms with van der Waals surface area (Å²) in [5, 5.41) is 12.7. The Kier molecular flexibility index (Phi) is 4.93. The number of carbonyl (C=O) groups is 2. The van der Waals surface area contributed by atoms with Crippen LogP contribution in [-0.4, -0.2) is 39.6 Å². The number of carboxylic acids is 1. The van der Waals surface area contributed by atoms with Crippen LogP contribution in [0.1, 0.15) is 30.8 Å². The molecule has 1 aromatic carbocycles. The average molecular weight is 302 g/mol. The molecular weight excluding hydrogens is 284 g/mol. The predicted octanol–water partition coefficient (Wildman–Crippen LogP) is 2.67. The Bertz CT molecular complexity index is 651. The SMILES string of the molecule is CCC(C)N(CC(=O)O)C(=O)c1cc(-c2ccccc2)on1. The smallest absolute Gasteiger partial charge is 0.323 e. The van der Waals surface area contributed by atoms with E-state index in [0.717, 1.165) is 5.56 Å². The van der Waals surface area contributed by atoms with E-state index < -0.39 is 11.9 Å². The highest BCUT2D eigenvalue weighted by atomic mass is 16.5. The molecule has 1 N–H and O–H groups in total. The number of aromatic nitrogens is 1. The number of carbonyl (C=O) groups excluding carboxylic acids is 1. The van der Waals surface area contributed by atoms with Crippen molar-refractivity contribution in [3.63, 3.8) is 0 Å². The van der Waals surface area contributed by atoms with Crippen molar-refractivity contribution in [2.24, 2.45) is 0 Å². The van der Waals surface area contributed by atoms with Gasteiger partial charge in [-0.2, -0.15) is 0 Å². The topological polar surface area (TPSA) is 83.6 Å². The molecule has 0 spiro atoms. The maximum Gasteiger partial charge on any atom is 0.323 e. The minimum atomic E-state index is -1.06. The summed E-state index contributed by atoms with van der Waals surface area (Å²) < 4.78 is 5.20. The lowest BCUT2D eigenvalue weighted by atomic mass is 10.1. The lowest BCUT2D eigenvalue weighted by Crippen LogP contribution is -2.41. The molecule has 0 saturated carbocycles. The lowest BCUT2D eigenvalue weighted by Gasteiger charge is -2.25. The molecule has 6 nitrogen and oxygen atoms in total. The van der Waals surface area contributed by atoms with Crippen molar-refractivity contribution in [2.75, 3.05) is 6.54 Å². The second-order valence-electron chi connectivity index (χ2n) is 5.03. The van der Waals surface area contributed by atoms with Crippen LogP contribution in [0.4, 0.5) is 0 Å². The zero-order chi connectivity index (χ0) is 16.1. The van der Waals surface area contributed by atoms with Gasteiger partial charge in [0.15, 0.2) is 11.5 Å². The van der Waals surface area contributed by atoms with Crippen LogP contribution in [0.15, 0.2) is 40.9 Å². The van der Waals surface area contributed by atoms with E-state index in [0.29, 0.717) is 12.2 Å². The summed E-state index contributed by atoms with van der Waals surface area (Å²) in [6.45, 7) is 3.34. The molecule has 0 saturated heterocycles. The third kappa shape index (κ3) is 3.52. The van der Waals surface area contributed by atoms with Crippen LogP contribution < -0.4 is 0 Å². The highest BCUT2D eigenvalue weighted by molar-refractivity contribution is 5.95. The van der Waals surface area contributed by atoms with Gasteiger partial charge in [-0.1, -0.05) is 42.4 Å². The van der Waals surface area contributed by atoms with Gasteiger partial charge in [-0.05, 0) is 13.3 Å². The van der Waals surface area contributed by atoms with E-state index in [4.69, 9.17) is 9.63 Å². The minimum Gasteiger partial charge on any atom is -0.480 e. The Balaban J connectivity index is 2.24. The molecule has 1 atom stereocenters. The van der Waals surface area contributed by atoms with Gasteiger partial charge in [-0.3, -0.25) is 9.59 Å². The van der Waals surface area contributed by atoms with Crippen LogP contribution >= 0.6 is 0 Å². The van der Waals surface area contributed by atoms with Crippen molar-refractivity contribution < 1.29 is 19.2 Å². The summed E-state index contributed by atoms with van der Waals surface area (Å²) in [5.41, 5.74) is 0.919. The van der Waals surface area contributed by atoms with Gasteiger partial charge >= 0.3 is 5.97 Å². The number of nitrogens with zero attached hydrogens (tertiary/aromatic N) is 2. The summed E-state index contributed by atoms with van der Waals surface area (Å²) >= 11 is 0. The van der Waals surface area contributed by atoms with Crippen LogP contribution in [0.5, 0.6) is 0 Å². The van der Waals surface area contributed by atoms with Crippen molar-refractivity contribution in [1.29, 1.82) is 0 Å². The molecule has 0 aliphatic carbocycles. The molecule has 1 unspecified atom stereocenters. The van der Waals surface area contributed by atoms with Crippen LogP contribution in [0.3, 0.4) is 0 Å². The lowest BCUT2D eigenvalue weighted by molar-refractivity contribution is -0.138. The van der Waals surface area contributed by atoms with Crippen molar-refractivity contribution in [3.05, 3.63) is 42.1 Å². The molecule has 1 aromatic heterocycles. The van der Waals surface area contributed by atoms with Crippen molar-refractivity contribution in [3.8, 4) is 11.3 Å². The summed E-state index contributed by atoms with van der Waals surface area (Å²) in [5.74, 6) is -1.02. The van der Waals surface area contributed by atoms with Gasteiger partial charge in [-0.25, -0.2) is 0 Å². The molecule has 0 radical (unpaired) electrons. The summed E-state index contributed by atoms with van der Waals surface area (Å²) in [4.78, 5) is 24.7. The standard InChI is InChI=1S/C16H18N2O4/c1-3-11(2)18(10-15(19)20)16(21)13-9-14(22-17-13)12-7-5-4-6-8-12/h4-9,11H,3,10H2,1-2H3,(H,19,20). The molecule has 22 heavy (non-hydrogen) atoms. The fourth-order valence-electron chi connectivity index (χ4n) is 2.06. The zero-order valence-corrected chi connectivity index (χ0v) is 12.5. The van der Waals surface area contributed by atoms with E-state index >= 15 is 0 Å². The van der Waals surface area contributed by atoms with Crippen molar-refractivity contribution >= 4 is 11.9 Å². The van der Waals surface area contributed by atoms with E-state index in [1.165, 1.54) is 11.0 Å². The summed E-state index contributed by atoms with van der Waals surface area (Å²) in [6, 6.07) is 10.6. The van der Waals surface area contributed by atoms with Gasteiger partial charge in [0.25, 0.3) is 5.91 Å². The van der Waals surface area contributed by atoms with Gasteiger partial charge in [0, 0.05) is 17.7 Å². The molecule has 2 rings (SSSR count). The van der Waals surface area contributed by atoms with Crippen LogP contribution in [-0.2, 0) is 4.79 Å². The van der Waals surface area contributed by atoms with Gasteiger partial charge in [0.05, 0.1) is 0 Å². The number of aliphatic carboxylic acids is 1. The second-order valence-corrected chi connectivity index (χ2v) is 5.03. The average Bonchev–Trinajstić information content (AvgIpc) is 3.02. The molecule has 0 aliphatic rings. The predicted molar refractivity (Wildman–Crippen MR) is 80.4 cm³/mol. The van der Waals surface area contributed by atoms with Gasteiger partial charge in [-0.15, -0.1) is 0 Å². The fourth-order valence-corrected chi connectivity index (χ4v) is 2.06. The summed E-state index contributed by atoms with van der Waals surface area (Å²) in [6.07, 6.45) is 0.655. The first-order valence-corrected chi connectivity index (χ1v) is 7.07. The number of benzene rings is 1. The Morgan fingerprint density at radius 1 is 1.32 bits per heavy atom. The van der Waals surface area contributed by atoms with E-state index in [9.17, 15) is 9.59 Å². The number of amides is 1. The maximum atomic E-state index is 12.5. The van der Waals surface area contributed by atoms with Crippen LogP contribution in [0.25, 0.3) is 11.3 Å². The van der Waals surface area contributed by atoms with Crippen LogP contribution in [0.2, 0.25) is 0 Å². The highest BCUT2D eigenvalue weighted by Crippen LogP contribution is 2.21. The monoisotopic (exact) mass is 302 g/mol. The number of hydrogen-bond donors (Lipinski definition) is 1. The van der Waals surface area contributed by atoms with Crippen molar-refractivity contribution in [1.82, 2.24) is 10.1 Å². The largest absolute Gasteiger partial charge is 0.480 e. The Morgan fingerprint density at radius 2 is 2.00 bits per heavy atom. The molecule has 0 aliphatic heterocycles. The minimum absolute atomic E-state index is 0.111. The van der Waals surface area contributed by atoms with Gasteiger partial charge in [0.2, 0.25) is 0 Å². The third-order valence-corrected chi connectivity index (χ3v) is 3.48. The number of rotatable bonds is 6. The molecule has 0 bridgehead atoms. The molecule has 6 heteroatoms. The van der Waals surface area contributed by atoms with Crippen LogP contribution in [0, 0.1) is 0 Å². The molecule has 116 valence electrons. The van der Waals surface area contributed by atoms with Gasteiger partial charge in [0.1, 0.15) is 6.54 Å². The Morgan fingerprint density at radius 3 is 2.59 bits per heavy atom. The summed E-state index contributed by atoms with van der Waals surface area (Å²) in [7, 11) is 0. The second kappa shape index (κ2) is 6.89. The molecule has 1 amide bonds. The fraction of sp³-hybridized carbons (Fsp3) is 0.312. The first-order valence-electron chi connectivity index (χ1n) is 7.07.